The smallest absolute Gasteiger partial charge is 0.329 e. The lowest BCUT2D eigenvalue weighted by Crippen LogP contribution is -2.58. The van der Waals surface area contributed by atoms with Crippen LogP contribution in [-0.2, 0) is 14.4 Å². The highest BCUT2D eigenvalue weighted by atomic mass is 32.2. The molecule has 7 heteroatoms. The van der Waals surface area contributed by atoms with Gasteiger partial charge in [0, 0.05) is 20.0 Å². The number of carboxylic acids is 1. The maximum Gasteiger partial charge on any atom is 0.329 e. The van der Waals surface area contributed by atoms with Crippen molar-refractivity contribution in [1.82, 2.24) is 10.2 Å². The van der Waals surface area contributed by atoms with Crippen LogP contribution in [-0.4, -0.2) is 58.4 Å². The third-order valence-corrected chi connectivity index (χ3v) is 4.82. The molecule has 0 aromatic heterocycles. The van der Waals surface area contributed by atoms with Crippen molar-refractivity contribution >= 4 is 29.5 Å². The Balaban J connectivity index is 2.03. The van der Waals surface area contributed by atoms with Gasteiger partial charge in [-0.25, -0.2) is 4.79 Å². The largest absolute Gasteiger partial charge is 0.480 e. The third kappa shape index (κ3) is 2.86. The van der Waals surface area contributed by atoms with Gasteiger partial charge in [0.2, 0.25) is 11.8 Å². The van der Waals surface area contributed by atoms with Gasteiger partial charge in [0.1, 0.15) is 5.54 Å². The average molecular weight is 286 g/mol. The van der Waals surface area contributed by atoms with E-state index >= 15 is 0 Å². The highest BCUT2D eigenvalue weighted by Gasteiger charge is 2.43. The first-order valence-electron chi connectivity index (χ1n) is 6.32. The summed E-state index contributed by atoms with van der Waals surface area (Å²) in [5.41, 5.74) is -1.15. The molecule has 0 saturated carbocycles. The summed E-state index contributed by atoms with van der Waals surface area (Å²) in [7, 11) is 1.65. The molecule has 0 aromatic rings. The Labute approximate surface area is 115 Å². The molecule has 0 aliphatic carbocycles. The second kappa shape index (κ2) is 5.40. The monoisotopic (exact) mass is 286 g/mol. The first-order valence-corrected chi connectivity index (χ1v) is 7.47. The van der Waals surface area contributed by atoms with E-state index in [-0.39, 0.29) is 18.2 Å². The summed E-state index contributed by atoms with van der Waals surface area (Å²) in [6, 6.07) is 0. The topological polar surface area (TPSA) is 86.7 Å². The molecular formula is C12H18N2O4S. The summed E-state index contributed by atoms with van der Waals surface area (Å²) >= 11 is 1.70. The van der Waals surface area contributed by atoms with Gasteiger partial charge < -0.3 is 15.3 Å². The molecule has 1 unspecified atom stereocenters. The van der Waals surface area contributed by atoms with Gasteiger partial charge in [0.15, 0.2) is 0 Å². The van der Waals surface area contributed by atoms with Crippen LogP contribution in [0.15, 0.2) is 0 Å². The van der Waals surface area contributed by atoms with Crippen LogP contribution in [0, 0.1) is 5.92 Å². The van der Waals surface area contributed by atoms with Crippen molar-refractivity contribution in [3.05, 3.63) is 0 Å². The van der Waals surface area contributed by atoms with Crippen molar-refractivity contribution in [3.8, 4) is 0 Å². The standard InChI is InChI=1S/C12H18N2O4S/c1-14-7-8(6-9(14)15)10(16)13-12(11(17)18)2-4-19-5-3-12/h8H,2-7H2,1H3,(H,13,16)(H,17,18). The number of carbonyl (C=O) groups is 3. The summed E-state index contributed by atoms with van der Waals surface area (Å²) < 4.78 is 0. The normalized spacial score (nSPS) is 26.3. The summed E-state index contributed by atoms with van der Waals surface area (Å²) in [6.07, 6.45) is 1.05. The van der Waals surface area contributed by atoms with Crippen molar-refractivity contribution in [1.29, 1.82) is 0 Å². The second-order valence-corrected chi connectivity index (χ2v) is 6.39. The molecule has 2 heterocycles. The van der Waals surface area contributed by atoms with E-state index in [1.54, 1.807) is 18.8 Å². The summed E-state index contributed by atoms with van der Waals surface area (Å²) in [5.74, 6) is -0.315. The highest BCUT2D eigenvalue weighted by Crippen LogP contribution is 2.28. The van der Waals surface area contributed by atoms with Crippen molar-refractivity contribution in [2.24, 2.45) is 5.92 Å². The van der Waals surface area contributed by atoms with E-state index in [1.807, 2.05) is 0 Å². The van der Waals surface area contributed by atoms with Crippen molar-refractivity contribution in [2.75, 3.05) is 25.1 Å². The Hall–Kier alpha value is -1.24. The maximum absolute atomic E-state index is 12.2. The lowest BCUT2D eigenvalue weighted by molar-refractivity contribution is -0.148. The van der Waals surface area contributed by atoms with Crippen LogP contribution in [0.5, 0.6) is 0 Å². The van der Waals surface area contributed by atoms with Gasteiger partial charge in [-0.3, -0.25) is 9.59 Å². The number of likely N-dealkylation sites (tertiary alicyclic amines) is 1. The number of amides is 2. The molecule has 2 N–H and O–H groups in total. The third-order valence-electron chi connectivity index (χ3n) is 3.83. The summed E-state index contributed by atoms with van der Waals surface area (Å²) in [4.78, 5) is 36.5. The van der Waals surface area contributed by atoms with Crippen LogP contribution in [0.2, 0.25) is 0 Å². The predicted molar refractivity (Wildman–Crippen MR) is 70.8 cm³/mol. The van der Waals surface area contributed by atoms with E-state index in [0.29, 0.717) is 19.4 Å². The lowest BCUT2D eigenvalue weighted by atomic mass is 9.91. The minimum Gasteiger partial charge on any atom is -0.480 e. The first kappa shape index (κ1) is 14.2. The molecule has 2 aliphatic rings. The van der Waals surface area contributed by atoms with E-state index in [2.05, 4.69) is 5.32 Å². The number of thioether (sulfide) groups is 1. The molecular weight excluding hydrogens is 268 g/mol. The van der Waals surface area contributed by atoms with Crippen molar-refractivity contribution in [3.63, 3.8) is 0 Å². The Bertz CT molecular complexity index is 407. The van der Waals surface area contributed by atoms with E-state index in [9.17, 15) is 19.5 Å². The quantitative estimate of drug-likeness (QED) is 0.758. The second-order valence-electron chi connectivity index (χ2n) is 5.16. The number of hydrogen-bond donors (Lipinski definition) is 2. The number of rotatable bonds is 3. The van der Waals surface area contributed by atoms with Gasteiger partial charge >= 0.3 is 5.97 Å². The van der Waals surface area contributed by atoms with Crippen molar-refractivity contribution < 1.29 is 19.5 Å². The molecule has 6 nitrogen and oxygen atoms in total. The molecule has 0 spiro atoms. The molecule has 0 bridgehead atoms. The zero-order chi connectivity index (χ0) is 14.0. The van der Waals surface area contributed by atoms with Crippen LogP contribution in [0.25, 0.3) is 0 Å². The molecule has 0 aromatic carbocycles. The number of aliphatic carboxylic acids is 1. The minimum absolute atomic E-state index is 0.0660. The van der Waals surface area contributed by atoms with Gasteiger partial charge in [0.05, 0.1) is 5.92 Å². The SMILES string of the molecule is CN1CC(C(=O)NC2(C(=O)O)CCSCC2)CC1=O. The zero-order valence-electron chi connectivity index (χ0n) is 10.8. The molecule has 106 valence electrons. The summed E-state index contributed by atoms with van der Waals surface area (Å²) in [5, 5.41) is 12.1. The molecule has 1 atom stereocenters. The van der Waals surface area contributed by atoms with Gasteiger partial charge in [-0.1, -0.05) is 0 Å². The Kier molecular flexibility index (Phi) is 4.03. The highest BCUT2D eigenvalue weighted by molar-refractivity contribution is 7.99. The number of hydrogen-bond acceptors (Lipinski definition) is 4. The van der Waals surface area contributed by atoms with Crippen LogP contribution in [0.3, 0.4) is 0 Å². The Morgan fingerprint density at radius 2 is 2.05 bits per heavy atom. The molecule has 2 fully saturated rings. The van der Waals surface area contributed by atoms with Gasteiger partial charge in [-0.15, -0.1) is 0 Å². The lowest BCUT2D eigenvalue weighted by Gasteiger charge is -2.34. The molecule has 2 aliphatic heterocycles. The van der Waals surface area contributed by atoms with Gasteiger partial charge in [-0.2, -0.15) is 11.8 Å². The van der Waals surface area contributed by atoms with E-state index in [1.165, 1.54) is 4.90 Å². The fraction of sp³-hybridized carbons (Fsp3) is 0.750. The maximum atomic E-state index is 12.2. The Morgan fingerprint density at radius 3 is 2.53 bits per heavy atom. The fourth-order valence-electron chi connectivity index (χ4n) is 2.49. The van der Waals surface area contributed by atoms with E-state index in [4.69, 9.17) is 0 Å². The van der Waals surface area contributed by atoms with E-state index < -0.39 is 17.4 Å². The molecule has 0 radical (unpaired) electrons. The molecule has 19 heavy (non-hydrogen) atoms. The Morgan fingerprint density at radius 1 is 1.42 bits per heavy atom. The van der Waals surface area contributed by atoms with Crippen LogP contribution < -0.4 is 5.32 Å². The predicted octanol–water partition coefficient (Wildman–Crippen LogP) is -0.0687. The average Bonchev–Trinajstić information content (AvgIpc) is 2.71. The fourth-order valence-corrected chi connectivity index (χ4v) is 3.68. The van der Waals surface area contributed by atoms with Gasteiger partial charge in [0.25, 0.3) is 0 Å². The van der Waals surface area contributed by atoms with Crippen LogP contribution in [0.1, 0.15) is 19.3 Å². The van der Waals surface area contributed by atoms with E-state index in [0.717, 1.165) is 11.5 Å². The van der Waals surface area contributed by atoms with Gasteiger partial charge in [-0.05, 0) is 24.3 Å². The first-order chi connectivity index (χ1) is 8.94. The number of nitrogens with zero attached hydrogens (tertiary/aromatic N) is 1. The number of nitrogens with one attached hydrogen (secondary N) is 1. The number of carboxylic acid groups (broad SMARTS) is 1. The van der Waals surface area contributed by atoms with Crippen LogP contribution >= 0.6 is 11.8 Å². The minimum atomic E-state index is -1.15. The molecule has 2 saturated heterocycles. The number of carbonyl (C=O) groups excluding carboxylic acids is 2. The van der Waals surface area contributed by atoms with Crippen LogP contribution in [0.4, 0.5) is 0 Å². The van der Waals surface area contributed by atoms with Crippen molar-refractivity contribution in [2.45, 2.75) is 24.8 Å². The molecule has 2 rings (SSSR count). The summed E-state index contributed by atoms with van der Waals surface area (Å²) in [6.45, 7) is 0.370. The molecule has 2 amide bonds. The zero-order valence-corrected chi connectivity index (χ0v) is 11.7.